The number of amides is 1. The van der Waals surface area contributed by atoms with Crippen molar-refractivity contribution in [3.05, 3.63) is 69.7 Å². The second-order valence-electron chi connectivity index (χ2n) is 4.97. The number of benzene rings is 2. The van der Waals surface area contributed by atoms with Gasteiger partial charge in [-0.3, -0.25) is 4.79 Å². The zero-order valence-electron chi connectivity index (χ0n) is 11.9. The van der Waals surface area contributed by atoms with Crippen LogP contribution >= 0.6 is 23.2 Å². The van der Waals surface area contributed by atoms with Crippen LogP contribution in [0.5, 0.6) is 0 Å². The average molecular weight is 322 g/mol. The third kappa shape index (κ3) is 4.76. The first-order valence-electron chi connectivity index (χ1n) is 6.78. The SMILES string of the molecule is CN(Cc1cccc(Cl)c1)C(=O)CCc1ccccc1Cl. The van der Waals surface area contributed by atoms with Crippen molar-refractivity contribution >= 4 is 29.1 Å². The Hall–Kier alpha value is -1.51. The van der Waals surface area contributed by atoms with E-state index in [2.05, 4.69) is 0 Å². The van der Waals surface area contributed by atoms with Gasteiger partial charge < -0.3 is 4.90 Å². The van der Waals surface area contributed by atoms with E-state index in [1.54, 1.807) is 11.9 Å². The Morgan fingerprint density at radius 3 is 2.57 bits per heavy atom. The molecule has 0 saturated heterocycles. The van der Waals surface area contributed by atoms with Gasteiger partial charge in [-0.15, -0.1) is 0 Å². The summed E-state index contributed by atoms with van der Waals surface area (Å²) in [6.07, 6.45) is 1.10. The van der Waals surface area contributed by atoms with Gasteiger partial charge in [0.25, 0.3) is 0 Å². The molecule has 0 unspecified atom stereocenters. The molecule has 0 aliphatic carbocycles. The van der Waals surface area contributed by atoms with Crippen molar-refractivity contribution < 1.29 is 4.79 Å². The van der Waals surface area contributed by atoms with Crippen LogP contribution in [0.4, 0.5) is 0 Å². The van der Waals surface area contributed by atoms with Crippen molar-refractivity contribution in [1.82, 2.24) is 4.90 Å². The highest BCUT2D eigenvalue weighted by atomic mass is 35.5. The lowest BCUT2D eigenvalue weighted by atomic mass is 10.1. The summed E-state index contributed by atoms with van der Waals surface area (Å²) in [5.41, 5.74) is 2.03. The van der Waals surface area contributed by atoms with Crippen LogP contribution in [0.3, 0.4) is 0 Å². The highest BCUT2D eigenvalue weighted by molar-refractivity contribution is 6.31. The summed E-state index contributed by atoms with van der Waals surface area (Å²) in [5.74, 6) is 0.0925. The minimum absolute atomic E-state index is 0.0925. The van der Waals surface area contributed by atoms with E-state index in [0.717, 1.165) is 11.1 Å². The molecule has 1 amide bonds. The molecule has 0 aromatic heterocycles. The van der Waals surface area contributed by atoms with Gasteiger partial charge in [-0.1, -0.05) is 53.5 Å². The van der Waals surface area contributed by atoms with Crippen LogP contribution in [0.15, 0.2) is 48.5 Å². The molecule has 0 N–H and O–H groups in total. The Morgan fingerprint density at radius 1 is 1.10 bits per heavy atom. The van der Waals surface area contributed by atoms with Gasteiger partial charge in [0.2, 0.25) is 5.91 Å². The van der Waals surface area contributed by atoms with Crippen molar-refractivity contribution in [3.63, 3.8) is 0 Å². The van der Waals surface area contributed by atoms with Gasteiger partial charge in [0, 0.05) is 30.1 Å². The van der Waals surface area contributed by atoms with Gasteiger partial charge >= 0.3 is 0 Å². The largest absolute Gasteiger partial charge is 0.341 e. The van der Waals surface area contributed by atoms with Crippen molar-refractivity contribution in [2.24, 2.45) is 0 Å². The Balaban J connectivity index is 1.90. The summed E-state index contributed by atoms with van der Waals surface area (Å²) >= 11 is 12.0. The molecule has 0 aliphatic rings. The number of nitrogens with zero attached hydrogens (tertiary/aromatic N) is 1. The van der Waals surface area contributed by atoms with Crippen molar-refractivity contribution in [2.75, 3.05) is 7.05 Å². The van der Waals surface area contributed by atoms with Crippen LogP contribution in [0.1, 0.15) is 17.5 Å². The van der Waals surface area contributed by atoms with E-state index in [-0.39, 0.29) is 5.91 Å². The fourth-order valence-electron chi connectivity index (χ4n) is 2.13. The van der Waals surface area contributed by atoms with Crippen molar-refractivity contribution in [3.8, 4) is 0 Å². The molecule has 0 heterocycles. The number of aryl methyl sites for hydroxylation is 1. The smallest absolute Gasteiger partial charge is 0.222 e. The maximum absolute atomic E-state index is 12.2. The fourth-order valence-corrected chi connectivity index (χ4v) is 2.57. The van der Waals surface area contributed by atoms with Gasteiger partial charge in [-0.05, 0) is 35.7 Å². The maximum Gasteiger partial charge on any atom is 0.222 e. The summed E-state index contributed by atoms with van der Waals surface area (Å²) < 4.78 is 0. The summed E-state index contributed by atoms with van der Waals surface area (Å²) in [5, 5.41) is 1.40. The predicted molar refractivity (Wildman–Crippen MR) is 87.7 cm³/mol. The van der Waals surface area contributed by atoms with Gasteiger partial charge in [0.1, 0.15) is 0 Å². The predicted octanol–water partition coefficient (Wildman–Crippen LogP) is 4.58. The molecule has 110 valence electrons. The number of carbonyl (C=O) groups excluding carboxylic acids is 1. The normalized spacial score (nSPS) is 10.4. The number of halogens is 2. The van der Waals surface area contributed by atoms with Crippen LogP contribution < -0.4 is 0 Å². The van der Waals surface area contributed by atoms with E-state index in [1.165, 1.54) is 0 Å². The minimum Gasteiger partial charge on any atom is -0.341 e. The van der Waals surface area contributed by atoms with E-state index in [9.17, 15) is 4.79 Å². The molecular formula is C17H17Cl2NO. The third-order valence-electron chi connectivity index (χ3n) is 3.30. The summed E-state index contributed by atoms with van der Waals surface area (Å²) in [6.45, 7) is 0.557. The summed E-state index contributed by atoms with van der Waals surface area (Å²) in [6, 6.07) is 15.2. The van der Waals surface area contributed by atoms with Gasteiger partial charge in [0.05, 0.1) is 0 Å². The highest BCUT2D eigenvalue weighted by Gasteiger charge is 2.10. The van der Waals surface area contributed by atoms with Crippen molar-refractivity contribution in [2.45, 2.75) is 19.4 Å². The Morgan fingerprint density at radius 2 is 1.86 bits per heavy atom. The molecule has 0 fully saturated rings. The Kier molecular flexibility index (Phi) is 5.66. The second kappa shape index (κ2) is 7.48. The van der Waals surface area contributed by atoms with E-state index in [0.29, 0.717) is 29.4 Å². The highest BCUT2D eigenvalue weighted by Crippen LogP contribution is 2.17. The molecule has 0 aliphatic heterocycles. The second-order valence-corrected chi connectivity index (χ2v) is 5.81. The molecule has 4 heteroatoms. The molecule has 0 atom stereocenters. The van der Waals surface area contributed by atoms with Crippen molar-refractivity contribution in [1.29, 1.82) is 0 Å². The Bertz CT molecular complexity index is 628. The van der Waals surface area contributed by atoms with Crippen LogP contribution in [0.2, 0.25) is 10.0 Å². The maximum atomic E-state index is 12.2. The van der Waals surface area contributed by atoms with Crippen LogP contribution in [-0.4, -0.2) is 17.9 Å². The topological polar surface area (TPSA) is 20.3 Å². The molecule has 21 heavy (non-hydrogen) atoms. The zero-order chi connectivity index (χ0) is 15.2. The lowest BCUT2D eigenvalue weighted by Crippen LogP contribution is -2.26. The molecule has 0 spiro atoms. The molecule has 0 bridgehead atoms. The lowest BCUT2D eigenvalue weighted by molar-refractivity contribution is -0.130. The minimum atomic E-state index is 0.0925. The van der Waals surface area contributed by atoms with Crippen LogP contribution in [-0.2, 0) is 17.8 Å². The fraction of sp³-hybridized carbons (Fsp3) is 0.235. The summed E-state index contributed by atoms with van der Waals surface area (Å²) in [7, 11) is 1.80. The monoisotopic (exact) mass is 321 g/mol. The number of rotatable bonds is 5. The van der Waals surface area contributed by atoms with E-state index < -0.39 is 0 Å². The van der Waals surface area contributed by atoms with E-state index >= 15 is 0 Å². The Labute approximate surface area is 135 Å². The van der Waals surface area contributed by atoms with Gasteiger partial charge in [-0.2, -0.15) is 0 Å². The molecule has 2 aromatic carbocycles. The average Bonchev–Trinajstić information content (AvgIpc) is 2.46. The van der Waals surface area contributed by atoms with E-state index in [4.69, 9.17) is 23.2 Å². The molecule has 0 radical (unpaired) electrons. The molecular weight excluding hydrogens is 305 g/mol. The van der Waals surface area contributed by atoms with Crippen LogP contribution in [0, 0.1) is 0 Å². The zero-order valence-corrected chi connectivity index (χ0v) is 13.4. The first-order chi connectivity index (χ1) is 10.1. The lowest BCUT2D eigenvalue weighted by Gasteiger charge is -2.17. The van der Waals surface area contributed by atoms with Gasteiger partial charge in [0.15, 0.2) is 0 Å². The summed E-state index contributed by atoms with van der Waals surface area (Å²) in [4.78, 5) is 13.9. The third-order valence-corrected chi connectivity index (χ3v) is 3.90. The first kappa shape index (κ1) is 15.9. The molecule has 2 aromatic rings. The standard InChI is InChI=1S/C17H17Cl2NO/c1-20(12-13-5-4-7-15(18)11-13)17(21)10-9-14-6-2-3-8-16(14)19/h2-8,11H,9-10,12H2,1H3. The number of hydrogen-bond donors (Lipinski definition) is 0. The first-order valence-corrected chi connectivity index (χ1v) is 7.53. The van der Waals surface area contributed by atoms with E-state index in [1.807, 2.05) is 48.5 Å². The van der Waals surface area contributed by atoms with Gasteiger partial charge in [-0.25, -0.2) is 0 Å². The number of hydrogen-bond acceptors (Lipinski definition) is 1. The van der Waals surface area contributed by atoms with Crippen LogP contribution in [0.25, 0.3) is 0 Å². The quantitative estimate of drug-likeness (QED) is 0.789. The molecule has 2 nitrogen and oxygen atoms in total. The molecule has 0 saturated carbocycles. The number of carbonyl (C=O) groups is 1. The molecule has 2 rings (SSSR count).